The maximum absolute atomic E-state index is 8.65. The zero-order chi connectivity index (χ0) is 16.8. The molecule has 0 saturated heterocycles. The first-order valence-corrected chi connectivity index (χ1v) is 8.43. The summed E-state index contributed by atoms with van der Waals surface area (Å²) in [5.74, 6) is 0.700. The summed E-state index contributed by atoms with van der Waals surface area (Å²) in [6.45, 7) is 2.12. The summed E-state index contributed by atoms with van der Waals surface area (Å²) < 4.78 is 5.43. The van der Waals surface area contributed by atoms with Gasteiger partial charge in [0.15, 0.2) is 6.61 Å². The maximum atomic E-state index is 8.65. The van der Waals surface area contributed by atoms with Gasteiger partial charge in [-0.2, -0.15) is 5.26 Å². The molecule has 0 N–H and O–H groups in total. The SMILES string of the molecule is Cc1ccc(-c2csc(/C=C/c3ccccc3OCC#N)n2)cc1. The van der Waals surface area contributed by atoms with Crippen molar-refractivity contribution in [2.24, 2.45) is 0 Å². The highest BCUT2D eigenvalue weighted by molar-refractivity contribution is 7.10. The number of benzene rings is 2. The molecule has 1 aromatic heterocycles. The highest BCUT2D eigenvalue weighted by Crippen LogP contribution is 2.25. The molecule has 0 amide bonds. The summed E-state index contributed by atoms with van der Waals surface area (Å²) in [4.78, 5) is 4.66. The van der Waals surface area contributed by atoms with Gasteiger partial charge in [0.25, 0.3) is 0 Å². The van der Waals surface area contributed by atoms with Crippen molar-refractivity contribution in [1.82, 2.24) is 4.98 Å². The van der Waals surface area contributed by atoms with E-state index < -0.39 is 0 Å². The van der Waals surface area contributed by atoms with Gasteiger partial charge in [0.1, 0.15) is 16.8 Å². The molecule has 0 aliphatic rings. The Kier molecular flexibility index (Phi) is 5.05. The molecular weight excluding hydrogens is 316 g/mol. The summed E-state index contributed by atoms with van der Waals surface area (Å²) in [7, 11) is 0. The Labute approximate surface area is 145 Å². The molecule has 0 atom stereocenters. The molecule has 1 heterocycles. The van der Waals surface area contributed by atoms with Crippen molar-refractivity contribution in [3.05, 3.63) is 70.0 Å². The Morgan fingerprint density at radius 3 is 2.71 bits per heavy atom. The topological polar surface area (TPSA) is 45.9 Å². The summed E-state index contributed by atoms with van der Waals surface area (Å²) in [5, 5.41) is 11.6. The number of nitriles is 1. The molecule has 0 fully saturated rings. The zero-order valence-electron chi connectivity index (χ0n) is 13.3. The van der Waals surface area contributed by atoms with Crippen LogP contribution in [-0.2, 0) is 0 Å². The molecule has 2 aromatic carbocycles. The normalized spacial score (nSPS) is 10.7. The summed E-state index contributed by atoms with van der Waals surface area (Å²) >= 11 is 1.60. The molecule has 0 bridgehead atoms. The predicted molar refractivity (Wildman–Crippen MR) is 98.8 cm³/mol. The monoisotopic (exact) mass is 332 g/mol. The average molecular weight is 332 g/mol. The minimum Gasteiger partial charge on any atom is -0.478 e. The molecule has 0 aliphatic heterocycles. The van der Waals surface area contributed by atoms with Gasteiger partial charge >= 0.3 is 0 Å². The van der Waals surface area contributed by atoms with Crippen molar-refractivity contribution in [2.75, 3.05) is 6.61 Å². The Balaban J connectivity index is 1.79. The van der Waals surface area contributed by atoms with E-state index in [1.54, 1.807) is 11.3 Å². The van der Waals surface area contributed by atoms with Crippen molar-refractivity contribution in [3.8, 4) is 23.1 Å². The summed E-state index contributed by atoms with van der Waals surface area (Å²) in [6.07, 6.45) is 3.93. The van der Waals surface area contributed by atoms with Crippen molar-refractivity contribution < 1.29 is 4.74 Å². The smallest absolute Gasteiger partial charge is 0.174 e. The van der Waals surface area contributed by atoms with E-state index in [1.807, 2.05) is 42.5 Å². The Morgan fingerprint density at radius 1 is 1.12 bits per heavy atom. The second-order valence-corrected chi connectivity index (χ2v) is 6.14. The first kappa shape index (κ1) is 16.0. The van der Waals surface area contributed by atoms with E-state index in [1.165, 1.54) is 5.56 Å². The van der Waals surface area contributed by atoms with Crippen molar-refractivity contribution in [3.63, 3.8) is 0 Å². The number of rotatable bonds is 5. The molecule has 4 heteroatoms. The van der Waals surface area contributed by atoms with Crippen LogP contribution in [0.25, 0.3) is 23.4 Å². The van der Waals surface area contributed by atoms with Crippen LogP contribution in [0.5, 0.6) is 5.75 Å². The molecule has 3 nitrogen and oxygen atoms in total. The number of hydrogen-bond acceptors (Lipinski definition) is 4. The molecule has 3 aromatic rings. The van der Waals surface area contributed by atoms with Crippen LogP contribution in [0.15, 0.2) is 53.9 Å². The van der Waals surface area contributed by atoms with Crippen LogP contribution < -0.4 is 4.74 Å². The third-order valence-corrected chi connectivity index (χ3v) is 4.30. The van der Waals surface area contributed by atoms with Crippen LogP contribution in [0.4, 0.5) is 0 Å². The van der Waals surface area contributed by atoms with Crippen LogP contribution in [0.2, 0.25) is 0 Å². The Morgan fingerprint density at radius 2 is 1.92 bits per heavy atom. The lowest BCUT2D eigenvalue weighted by Crippen LogP contribution is -1.94. The van der Waals surface area contributed by atoms with Crippen molar-refractivity contribution in [1.29, 1.82) is 5.26 Å². The van der Waals surface area contributed by atoms with Crippen LogP contribution >= 0.6 is 11.3 Å². The molecule has 24 heavy (non-hydrogen) atoms. The van der Waals surface area contributed by atoms with E-state index in [0.717, 1.165) is 21.8 Å². The van der Waals surface area contributed by atoms with Gasteiger partial charge in [-0.15, -0.1) is 11.3 Å². The second kappa shape index (κ2) is 7.58. The average Bonchev–Trinajstić information content (AvgIpc) is 3.08. The lowest BCUT2D eigenvalue weighted by atomic mass is 10.1. The third kappa shape index (κ3) is 3.89. The fourth-order valence-corrected chi connectivity index (χ4v) is 2.96. The molecule has 3 rings (SSSR count). The molecule has 0 radical (unpaired) electrons. The summed E-state index contributed by atoms with van der Waals surface area (Å²) in [6, 6.07) is 18.0. The minimum atomic E-state index is 0.0413. The standard InChI is InChI=1S/C20H16N2OS/c1-15-6-8-16(9-7-15)18-14-24-20(22-18)11-10-17-4-2-3-5-19(17)23-13-12-21/h2-11,14H,13H2,1H3/b11-10+. The van der Waals surface area contributed by atoms with Gasteiger partial charge < -0.3 is 4.74 Å². The maximum Gasteiger partial charge on any atom is 0.174 e. The van der Waals surface area contributed by atoms with E-state index in [2.05, 4.69) is 41.6 Å². The van der Waals surface area contributed by atoms with E-state index in [-0.39, 0.29) is 6.61 Å². The number of ether oxygens (including phenoxy) is 1. The molecule has 0 unspecified atom stereocenters. The number of aromatic nitrogens is 1. The predicted octanol–water partition coefficient (Wildman–Crippen LogP) is 5.19. The van der Waals surface area contributed by atoms with E-state index in [9.17, 15) is 0 Å². The number of hydrogen-bond donors (Lipinski definition) is 0. The first-order valence-electron chi connectivity index (χ1n) is 7.56. The van der Waals surface area contributed by atoms with Gasteiger partial charge in [0.2, 0.25) is 0 Å². The van der Waals surface area contributed by atoms with Crippen molar-refractivity contribution in [2.45, 2.75) is 6.92 Å². The van der Waals surface area contributed by atoms with Crippen LogP contribution in [0, 0.1) is 18.3 Å². The lowest BCUT2D eigenvalue weighted by Gasteiger charge is -2.04. The van der Waals surface area contributed by atoms with Gasteiger partial charge in [-0.25, -0.2) is 4.98 Å². The van der Waals surface area contributed by atoms with E-state index in [4.69, 9.17) is 10.00 Å². The highest BCUT2D eigenvalue weighted by atomic mass is 32.1. The fourth-order valence-electron chi connectivity index (χ4n) is 2.24. The lowest BCUT2D eigenvalue weighted by molar-refractivity contribution is 0.367. The summed E-state index contributed by atoms with van der Waals surface area (Å²) in [5.41, 5.74) is 4.27. The quantitative estimate of drug-likeness (QED) is 0.646. The van der Waals surface area contributed by atoms with E-state index in [0.29, 0.717) is 5.75 Å². The molecule has 0 aliphatic carbocycles. The van der Waals surface area contributed by atoms with E-state index >= 15 is 0 Å². The Hall–Kier alpha value is -2.90. The third-order valence-electron chi connectivity index (χ3n) is 3.49. The number of thiazole rings is 1. The molecule has 0 spiro atoms. The van der Waals surface area contributed by atoms with Gasteiger partial charge in [-0.3, -0.25) is 0 Å². The minimum absolute atomic E-state index is 0.0413. The molecule has 0 saturated carbocycles. The fraction of sp³-hybridized carbons (Fsp3) is 0.100. The van der Waals surface area contributed by atoms with Crippen molar-refractivity contribution >= 4 is 23.5 Å². The largest absolute Gasteiger partial charge is 0.478 e. The highest BCUT2D eigenvalue weighted by Gasteiger charge is 2.03. The Bertz CT molecular complexity index is 889. The second-order valence-electron chi connectivity index (χ2n) is 5.25. The number of para-hydroxylation sites is 1. The van der Waals surface area contributed by atoms with Gasteiger partial charge in [-0.1, -0.05) is 48.0 Å². The van der Waals surface area contributed by atoms with Gasteiger partial charge in [-0.05, 0) is 25.1 Å². The first-order chi connectivity index (χ1) is 11.8. The number of aryl methyl sites for hydroxylation is 1. The number of nitrogens with zero attached hydrogens (tertiary/aromatic N) is 2. The molecular formula is C20H16N2OS. The zero-order valence-corrected chi connectivity index (χ0v) is 14.1. The van der Waals surface area contributed by atoms with Crippen LogP contribution in [0.1, 0.15) is 16.1 Å². The van der Waals surface area contributed by atoms with Crippen LogP contribution in [0.3, 0.4) is 0 Å². The molecule has 118 valence electrons. The van der Waals surface area contributed by atoms with Crippen LogP contribution in [-0.4, -0.2) is 11.6 Å². The van der Waals surface area contributed by atoms with Gasteiger partial charge in [0, 0.05) is 16.5 Å². The van der Waals surface area contributed by atoms with Gasteiger partial charge in [0.05, 0.1) is 5.69 Å².